The summed E-state index contributed by atoms with van der Waals surface area (Å²) in [5.41, 5.74) is 0.605. The van der Waals surface area contributed by atoms with Crippen molar-refractivity contribution >= 4 is 29.1 Å². The minimum Gasteiger partial charge on any atom is -0.480 e. The van der Waals surface area contributed by atoms with E-state index < -0.39 is 5.60 Å². The van der Waals surface area contributed by atoms with Crippen molar-refractivity contribution in [2.75, 3.05) is 6.54 Å². The van der Waals surface area contributed by atoms with Crippen molar-refractivity contribution in [2.24, 2.45) is 0 Å². The molecule has 5 nitrogen and oxygen atoms in total. The van der Waals surface area contributed by atoms with Crippen molar-refractivity contribution in [3.63, 3.8) is 0 Å². The van der Waals surface area contributed by atoms with Gasteiger partial charge in [0.15, 0.2) is 11.4 Å². The van der Waals surface area contributed by atoms with Crippen molar-refractivity contribution in [1.29, 1.82) is 0 Å². The molecule has 29 heavy (non-hydrogen) atoms. The van der Waals surface area contributed by atoms with Crippen LogP contribution in [0.2, 0.25) is 5.02 Å². The SMILES string of the molecule is CC(=O)CCC(=O)C(C)(C)Oc1ccc(CCNC(=O)c2ccc(Cl)cc2)cc1. The van der Waals surface area contributed by atoms with Crippen molar-refractivity contribution in [3.8, 4) is 5.75 Å². The van der Waals surface area contributed by atoms with Gasteiger partial charge < -0.3 is 14.8 Å². The molecule has 0 aliphatic heterocycles. The third kappa shape index (κ3) is 7.35. The Morgan fingerprint density at radius 2 is 1.59 bits per heavy atom. The fourth-order valence-corrected chi connectivity index (χ4v) is 2.82. The second-order valence-corrected chi connectivity index (χ2v) is 7.83. The molecule has 0 atom stereocenters. The quantitative estimate of drug-likeness (QED) is 0.623. The fraction of sp³-hybridized carbons (Fsp3) is 0.348. The van der Waals surface area contributed by atoms with Gasteiger partial charge in [0, 0.05) is 30.0 Å². The Morgan fingerprint density at radius 3 is 2.17 bits per heavy atom. The predicted molar refractivity (Wildman–Crippen MR) is 114 cm³/mol. The first-order valence-corrected chi connectivity index (χ1v) is 9.89. The maximum absolute atomic E-state index is 12.3. The van der Waals surface area contributed by atoms with Crippen LogP contribution in [0.25, 0.3) is 0 Å². The van der Waals surface area contributed by atoms with Gasteiger partial charge in [-0.2, -0.15) is 0 Å². The lowest BCUT2D eigenvalue weighted by Gasteiger charge is -2.25. The van der Waals surface area contributed by atoms with Gasteiger partial charge in [-0.15, -0.1) is 0 Å². The van der Waals surface area contributed by atoms with Crippen LogP contribution in [0.3, 0.4) is 0 Å². The Morgan fingerprint density at radius 1 is 0.966 bits per heavy atom. The van der Waals surface area contributed by atoms with E-state index >= 15 is 0 Å². The largest absolute Gasteiger partial charge is 0.480 e. The van der Waals surface area contributed by atoms with E-state index in [0.717, 1.165) is 5.56 Å². The van der Waals surface area contributed by atoms with Crippen molar-refractivity contribution in [3.05, 3.63) is 64.7 Å². The number of nitrogens with one attached hydrogen (secondary N) is 1. The Hall–Kier alpha value is -2.66. The van der Waals surface area contributed by atoms with E-state index in [1.54, 1.807) is 50.2 Å². The Balaban J connectivity index is 1.83. The zero-order valence-electron chi connectivity index (χ0n) is 17.0. The van der Waals surface area contributed by atoms with Gasteiger partial charge in [0.25, 0.3) is 5.91 Å². The van der Waals surface area contributed by atoms with Gasteiger partial charge in [-0.05, 0) is 69.2 Å². The lowest BCUT2D eigenvalue weighted by molar-refractivity contribution is -0.133. The van der Waals surface area contributed by atoms with Gasteiger partial charge in [-0.3, -0.25) is 9.59 Å². The minimum absolute atomic E-state index is 0.0124. The molecule has 2 aromatic carbocycles. The van der Waals surface area contributed by atoms with Crippen LogP contribution in [0.4, 0.5) is 0 Å². The molecule has 0 bridgehead atoms. The number of ether oxygens (including phenoxy) is 1. The molecule has 0 saturated carbocycles. The molecular weight excluding hydrogens is 390 g/mol. The van der Waals surface area contributed by atoms with Gasteiger partial charge in [0.05, 0.1) is 0 Å². The van der Waals surface area contributed by atoms with Crippen molar-refractivity contribution < 1.29 is 19.1 Å². The molecule has 0 saturated heterocycles. The van der Waals surface area contributed by atoms with E-state index in [1.807, 2.05) is 12.1 Å². The van der Waals surface area contributed by atoms with Crippen LogP contribution in [0.15, 0.2) is 48.5 Å². The molecule has 6 heteroatoms. The number of hydrogen-bond acceptors (Lipinski definition) is 4. The van der Waals surface area contributed by atoms with Crippen LogP contribution in [-0.2, 0) is 16.0 Å². The number of hydrogen-bond donors (Lipinski definition) is 1. The summed E-state index contributed by atoms with van der Waals surface area (Å²) in [5, 5.41) is 3.46. The molecule has 154 valence electrons. The van der Waals surface area contributed by atoms with Crippen LogP contribution < -0.4 is 10.1 Å². The standard InChI is InChI=1S/C23H26ClNO4/c1-16(26)4-13-21(27)23(2,3)29-20-11-5-17(6-12-20)14-15-25-22(28)18-7-9-19(24)10-8-18/h5-12H,4,13-15H2,1-3H3,(H,25,28). The van der Waals surface area contributed by atoms with E-state index in [-0.39, 0.29) is 30.3 Å². The monoisotopic (exact) mass is 415 g/mol. The summed E-state index contributed by atoms with van der Waals surface area (Å²) in [6, 6.07) is 14.1. The summed E-state index contributed by atoms with van der Waals surface area (Å²) >= 11 is 5.82. The van der Waals surface area contributed by atoms with Gasteiger partial charge in [-0.1, -0.05) is 23.7 Å². The van der Waals surface area contributed by atoms with Gasteiger partial charge in [0.2, 0.25) is 0 Å². The normalized spacial score (nSPS) is 11.0. The number of amides is 1. The van der Waals surface area contributed by atoms with E-state index in [9.17, 15) is 14.4 Å². The first-order chi connectivity index (χ1) is 13.7. The highest BCUT2D eigenvalue weighted by Crippen LogP contribution is 2.21. The minimum atomic E-state index is -0.997. The first-order valence-electron chi connectivity index (χ1n) is 9.52. The van der Waals surface area contributed by atoms with Gasteiger partial charge in [0.1, 0.15) is 11.5 Å². The molecule has 0 aromatic heterocycles. The number of ketones is 2. The molecule has 0 aliphatic carbocycles. The van der Waals surface area contributed by atoms with E-state index in [1.165, 1.54) is 6.92 Å². The molecule has 0 spiro atoms. The van der Waals surface area contributed by atoms with Crippen LogP contribution in [-0.4, -0.2) is 29.6 Å². The summed E-state index contributed by atoms with van der Waals surface area (Å²) in [6.07, 6.45) is 1.07. The molecule has 0 heterocycles. The lowest BCUT2D eigenvalue weighted by Crippen LogP contribution is -2.38. The van der Waals surface area contributed by atoms with Gasteiger partial charge in [-0.25, -0.2) is 0 Å². The summed E-state index contributed by atoms with van der Waals surface area (Å²) < 4.78 is 5.82. The van der Waals surface area contributed by atoms with Crippen molar-refractivity contribution in [1.82, 2.24) is 5.32 Å². The van der Waals surface area contributed by atoms with E-state index in [4.69, 9.17) is 16.3 Å². The summed E-state index contributed by atoms with van der Waals surface area (Å²) in [5.74, 6) is 0.316. The van der Waals surface area contributed by atoms with Crippen LogP contribution >= 0.6 is 11.6 Å². The molecule has 1 amide bonds. The first kappa shape index (κ1) is 22.6. The third-order valence-corrected chi connectivity index (χ3v) is 4.73. The third-order valence-electron chi connectivity index (χ3n) is 4.48. The second kappa shape index (κ2) is 10.2. The number of carbonyl (C=O) groups excluding carboxylic acids is 3. The molecule has 0 radical (unpaired) electrons. The fourth-order valence-electron chi connectivity index (χ4n) is 2.69. The summed E-state index contributed by atoms with van der Waals surface area (Å²) in [4.78, 5) is 35.4. The molecule has 2 rings (SSSR count). The number of Topliss-reactive ketones (excluding diaryl/α,β-unsaturated/α-hetero) is 2. The zero-order chi connectivity index (χ0) is 21.4. The molecule has 0 aliphatic rings. The Kier molecular flexibility index (Phi) is 7.97. The van der Waals surface area contributed by atoms with Crippen LogP contribution in [0.5, 0.6) is 5.75 Å². The van der Waals surface area contributed by atoms with Crippen LogP contribution in [0.1, 0.15) is 49.5 Å². The molecular formula is C23H26ClNO4. The van der Waals surface area contributed by atoms with E-state index in [0.29, 0.717) is 29.3 Å². The highest BCUT2D eigenvalue weighted by atomic mass is 35.5. The maximum atomic E-state index is 12.3. The van der Waals surface area contributed by atoms with Crippen LogP contribution in [0, 0.1) is 0 Å². The molecule has 1 N–H and O–H groups in total. The molecule has 2 aromatic rings. The predicted octanol–water partition coefficient (Wildman–Crippen LogP) is 4.41. The number of halogens is 1. The highest BCUT2D eigenvalue weighted by Gasteiger charge is 2.29. The molecule has 0 unspecified atom stereocenters. The topological polar surface area (TPSA) is 72.5 Å². The van der Waals surface area contributed by atoms with E-state index in [2.05, 4.69) is 5.32 Å². The lowest BCUT2D eigenvalue weighted by atomic mass is 9.98. The summed E-state index contributed by atoms with van der Waals surface area (Å²) in [6.45, 7) is 5.37. The molecule has 0 fully saturated rings. The number of benzene rings is 2. The Labute approximate surface area is 176 Å². The zero-order valence-corrected chi connectivity index (χ0v) is 17.7. The average molecular weight is 416 g/mol. The Bertz CT molecular complexity index is 857. The highest BCUT2D eigenvalue weighted by molar-refractivity contribution is 6.30. The number of carbonyl (C=O) groups is 3. The maximum Gasteiger partial charge on any atom is 0.251 e. The number of rotatable bonds is 10. The van der Waals surface area contributed by atoms with Gasteiger partial charge >= 0.3 is 0 Å². The average Bonchev–Trinajstić information content (AvgIpc) is 2.67. The second-order valence-electron chi connectivity index (χ2n) is 7.39. The summed E-state index contributed by atoms with van der Waals surface area (Å²) in [7, 11) is 0. The smallest absolute Gasteiger partial charge is 0.251 e. The van der Waals surface area contributed by atoms with Crippen molar-refractivity contribution in [2.45, 2.75) is 45.6 Å².